The number of nitrogens with zero attached hydrogens (tertiary/aromatic N) is 1. The first-order chi connectivity index (χ1) is 13.5. The smallest absolute Gasteiger partial charge is 0.315 e. The predicted molar refractivity (Wildman–Crippen MR) is 109 cm³/mol. The van der Waals surface area contributed by atoms with Crippen molar-refractivity contribution in [1.82, 2.24) is 15.5 Å². The van der Waals surface area contributed by atoms with Gasteiger partial charge in [-0.15, -0.1) is 0 Å². The minimum atomic E-state index is -3.60. The Hall–Kier alpha value is -1.80. The number of nitrogens with one attached hydrogen (secondary N) is 2. The van der Waals surface area contributed by atoms with Gasteiger partial charge in [0.2, 0.25) is 0 Å². The molecule has 2 fully saturated rings. The Labute approximate surface area is 167 Å². The van der Waals surface area contributed by atoms with Crippen LogP contribution in [0.1, 0.15) is 44.9 Å². The number of hydrogen-bond donors (Lipinski definition) is 2. The van der Waals surface area contributed by atoms with Crippen LogP contribution in [0, 0.1) is 0 Å². The van der Waals surface area contributed by atoms with E-state index in [0.717, 1.165) is 38.8 Å². The molecule has 1 heterocycles. The van der Waals surface area contributed by atoms with Crippen LogP contribution in [-0.4, -0.2) is 56.8 Å². The first-order valence-corrected chi connectivity index (χ1v) is 11.8. The lowest BCUT2D eigenvalue weighted by molar-refractivity contribution is 0.195. The van der Waals surface area contributed by atoms with Crippen molar-refractivity contribution < 1.29 is 17.4 Å². The van der Waals surface area contributed by atoms with Crippen LogP contribution in [0.2, 0.25) is 0 Å². The summed E-state index contributed by atoms with van der Waals surface area (Å²) in [7, 11) is -3.60. The number of rotatable bonds is 7. The van der Waals surface area contributed by atoms with Crippen molar-refractivity contribution in [2.75, 3.05) is 25.4 Å². The fraction of sp³-hybridized carbons (Fsp3) is 0.650. The highest BCUT2D eigenvalue weighted by Gasteiger charge is 2.24. The van der Waals surface area contributed by atoms with Gasteiger partial charge >= 0.3 is 16.1 Å². The van der Waals surface area contributed by atoms with Crippen LogP contribution in [0.25, 0.3) is 0 Å². The molecule has 2 aliphatic rings. The second-order valence-electron chi connectivity index (χ2n) is 7.73. The minimum absolute atomic E-state index is 0.0395. The highest BCUT2D eigenvalue weighted by Crippen LogP contribution is 2.17. The molecule has 2 amide bonds. The Morgan fingerprint density at radius 2 is 1.57 bits per heavy atom. The molecule has 0 spiro atoms. The van der Waals surface area contributed by atoms with Gasteiger partial charge in [0.1, 0.15) is 5.75 Å². The first-order valence-electron chi connectivity index (χ1n) is 10.3. The molecule has 0 aromatic heterocycles. The number of urea groups is 1. The van der Waals surface area contributed by atoms with Crippen molar-refractivity contribution in [1.29, 1.82) is 0 Å². The van der Waals surface area contributed by atoms with E-state index in [-0.39, 0.29) is 17.8 Å². The van der Waals surface area contributed by atoms with E-state index < -0.39 is 10.1 Å². The second-order valence-corrected chi connectivity index (χ2v) is 9.42. The highest BCUT2D eigenvalue weighted by molar-refractivity contribution is 7.87. The van der Waals surface area contributed by atoms with Gasteiger partial charge in [0.15, 0.2) is 0 Å². The molecule has 28 heavy (non-hydrogen) atoms. The molecular formula is C20H31N3O4S. The average molecular weight is 410 g/mol. The average Bonchev–Trinajstić information content (AvgIpc) is 2.69. The lowest BCUT2D eigenvalue weighted by Crippen LogP contribution is -2.50. The van der Waals surface area contributed by atoms with Gasteiger partial charge in [-0.1, -0.05) is 37.5 Å². The third-order valence-corrected chi connectivity index (χ3v) is 6.62. The molecule has 0 bridgehead atoms. The molecule has 1 saturated carbocycles. The summed E-state index contributed by atoms with van der Waals surface area (Å²) in [5.74, 6) is 0.302. The maximum absolute atomic E-state index is 12.2. The Balaban J connectivity index is 1.34. The maximum Gasteiger partial charge on any atom is 0.315 e. The predicted octanol–water partition coefficient (Wildman–Crippen LogP) is 2.49. The van der Waals surface area contributed by atoms with Crippen LogP contribution in [0.4, 0.5) is 4.79 Å². The summed E-state index contributed by atoms with van der Waals surface area (Å²) in [6.07, 6.45) is 7.47. The highest BCUT2D eigenvalue weighted by atomic mass is 32.2. The summed E-state index contributed by atoms with van der Waals surface area (Å²) in [4.78, 5) is 14.3. The molecule has 156 valence electrons. The van der Waals surface area contributed by atoms with Gasteiger partial charge < -0.3 is 19.7 Å². The van der Waals surface area contributed by atoms with Gasteiger partial charge in [-0.05, 0) is 37.8 Å². The van der Waals surface area contributed by atoms with E-state index in [0.29, 0.717) is 18.3 Å². The molecule has 1 aliphatic heterocycles. The normalized spacial score (nSPS) is 19.9. The van der Waals surface area contributed by atoms with Crippen LogP contribution in [-0.2, 0) is 10.1 Å². The Kier molecular flexibility index (Phi) is 7.56. The van der Waals surface area contributed by atoms with Gasteiger partial charge in [-0.25, -0.2) is 4.79 Å². The largest absolute Gasteiger partial charge is 0.382 e. The van der Waals surface area contributed by atoms with Gasteiger partial charge in [0.25, 0.3) is 0 Å². The number of para-hydroxylation sites is 1. The minimum Gasteiger partial charge on any atom is -0.382 e. The zero-order valence-corrected chi connectivity index (χ0v) is 17.1. The molecule has 1 saturated heterocycles. The molecule has 3 rings (SSSR count). The van der Waals surface area contributed by atoms with E-state index in [9.17, 15) is 13.2 Å². The van der Waals surface area contributed by atoms with E-state index in [2.05, 4.69) is 15.5 Å². The summed E-state index contributed by atoms with van der Waals surface area (Å²) in [5.41, 5.74) is 0. The number of likely N-dealkylation sites (tertiary alicyclic amines) is 1. The van der Waals surface area contributed by atoms with E-state index in [1.165, 1.54) is 19.3 Å². The lowest BCUT2D eigenvalue weighted by atomic mass is 9.96. The molecular weight excluding hydrogens is 378 g/mol. The standard InChI is InChI=1S/C20H31N3O4S/c24-20(21-17-7-3-1-4-8-17)22-18-11-13-23(14-12-18)15-16-28(25,26)27-19-9-5-2-6-10-19/h2,5-6,9-10,17-18H,1,3-4,7-8,11-16H2,(H2,21,22,24). The van der Waals surface area contributed by atoms with Crippen LogP contribution in [0.5, 0.6) is 5.75 Å². The molecule has 2 N–H and O–H groups in total. The Morgan fingerprint density at radius 1 is 0.964 bits per heavy atom. The van der Waals surface area contributed by atoms with Crippen molar-refractivity contribution in [2.24, 2.45) is 0 Å². The third kappa shape index (κ3) is 6.98. The first kappa shape index (κ1) is 20.9. The van der Waals surface area contributed by atoms with Gasteiger partial charge in [0.05, 0.1) is 5.75 Å². The van der Waals surface area contributed by atoms with Crippen molar-refractivity contribution in [3.05, 3.63) is 30.3 Å². The third-order valence-electron chi connectivity index (χ3n) is 5.49. The number of carbonyl (C=O) groups is 1. The Bertz CT molecular complexity index is 712. The second kappa shape index (κ2) is 10.1. The molecule has 1 aliphatic carbocycles. The van der Waals surface area contributed by atoms with Crippen LogP contribution in [0.3, 0.4) is 0 Å². The van der Waals surface area contributed by atoms with Crippen molar-refractivity contribution >= 4 is 16.1 Å². The molecule has 7 nitrogen and oxygen atoms in total. The summed E-state index contributed by atoms with van der Waals surface area (Å²) in [5, 5.41) is 6.16. The fourth-order valence-corrected chi connectivity index (χ4v) is 4.83. The van der Waals surface area contributed by atoms with Crippen molar-refractivity contribution in [3.63, 3.8) is 0 Å². The SMILES string of the molecule is O=C(NC1CCCCC1)NC1CCN(CCS(=O)(=O)Oc2ccccc2)CC1. The van der Waals surface area contributed by atoms with Crippen molar-refractivity contribution in [3.8, 4) is 5.75 Å². The van der Waals surface area contributed by atoms with E-state index in [1.54, 1.807) is 24.3 Å². The molecule has 8 heteroatoms. The van der Waals surface area contributed by atoms with E-state index >= 15 is 0 Å². The molecule has 0 atom stereocenters. The molecule has 0 unspecified atom stereocenters. The zero-order chi connectivity index (χ0) is 19.8. The Morgan fingerprint density at radius 3 is 2.21 bits per heavy atom. The van der Waals surface area contributed by atoms with Crippen LogP contribution < -0.4 is 14.8 Å². The fourth-order valence-electron chi connectivity index (χ4n) is 3.87. The van der Waals surface area contributed by atoms with Gasteiger partial charge in [-0.2, -0.15) is 8.42 Å². The monoisotopic (exact) mass is 409 g/mol. The summed E-state index contributed by atoms with van der Waals surface area (Å²) < 4.78 is 29.4. The number of amides is 2. The summed E-state index contributed by atoms with van der Waals surface area (Å²) in [6.45, 7) is 1.99. The summed E-state index contributed by atoms with van der Waals surface area (Å²) >= 11 is 0. The molecule has 0 radical (unpaired) electrons. The maximum atomic E-state index is 12.2. The number of carbonyl (C=O) groups excluding carboxylic acids is 1. The van der Waals surface area contributed by atoms with Gasteiger partial charge in [-0.3, -0.25) is 0 Å². The molecule has 1 aromatic rings. The quantitative estimate of drug-likeness (QED) is 0.676. The lowest BCUT2D eigenvalue weighted by Gasteiger charge is -2.32. The number of benzene rings is 1. The van der Waals surface area contributed by atoms with Gasteiger partial charge in [0, 0.05) is 31.7 Å². The number of hydrogen-bond acceptors (Lipinski definition) is 5. The topological polar surface area (TPSA) is 87.7 Å². The molecule has 1 aromatic carbocycles. The van der Waals surface area contributed by atoms with Crippen molar-refractivity contribution in [2.45, 2.75) is 57.0 Å². The van der Waals surface area contributed by atoms with Crippen LogP contribution >= 0.6 is 0 Å². The summed E-state index contributed by atoms with van der Waals surface area (Å²) in [6, 6.07) is 8.96. The zero-order valence-electron chi connectivity index (χ0n) is 16.3. The van der Waals surface area contributed by atoms with E-state index in [4.69, 9.17) is 4.18 Å². The van der Waals surface area contributed by atoms with Crippen LogP contribution in [0.15, 0.2) is 30.3 Å². The van der Waals surface area contributed by atoms with E-state index in [1.807, 2.05) is 6.07 Å². The number of piperidine rings is 1.